The number of thioether (sulfide) groups is 1. The monoisotopic (exact) mass is 419 g/mol. The number of benzene rings is 2. The quantitative estimate of drug-likeness (QED) is 0.454. The van der Waals surface area contributed by atoms with Crippen LogP contribution >= 0.6 is 11.8 Å². The average Bonchev–Trinajstić information content (AvgIpc) is 3.22. The van der Waals surface area contributed by atoms with E-state index in [0.29, 0.717) is 11.7 Å². The molecule has 0 bridgehead atoms. The van der Waals surface area contributed by atoms with Gasteiger partial charge in [-0.05, 0) is 48.9 Å². The van der Waals surface area contributed by atoms with Gasteiger partial charge in [-0.2, -0.15) is 0 Å². The predicted molar refractivity (Wildman–Crippen MR) is 125 cm³/mol. The van der Waals surface area contributed by atoms with Crippen molar-refractivity contribution in [2.75, 3.05) is 11.1 Å². The van der Waals surface area contributed by atoms with Crippen molar-refractivity contribution in [3.8, 4) is 11.3 Å². The topological polar surface area (TPSA) is 46.9 Å². The van der Waals surface area contributed by atoms with Crippen molar-refractivity contribution in [1.29, 1.82) is 0 Å². The van der Waals surface area contributed by atoms with E-state index in [0.717, 1.165) is 28.6 Å². The number of hydrogen-bond donors (Lipinski definition) is 1. The van der Waals surface area contributed by atoms with Gasteiger partial charge in [0.25, 0.3) is 0 Å². The van der Waals surface area contributed by atoms with E-state index in [1.165, 1.54) is 49.4 Å². The number of amides is 1. The molecule has 156 valence electrons. The third kappa shape index (κ3) is 4.96. The molecule has 0 aliphatic heterocycles. The van der Waals surface area contributed by atoms with E-state index in [4.69, 9.17) is 0 Å². The largest absolute Gasteiger partial charge is 0.325 e. The Hall–Kier alpha value is -2.53. The number of rotatable bonds is 7. The number of carbonyl (C=O) groups excluding carboxylic acids is 1. The van der Waals surface area contributed by atoms with Gasteiger partial charge in [-0.25, -0.2) is 4.98 Å². The predicted octanol–water partition coefficient (Wildman–Crippen LogP) is 6.35. The van der Waals surface area contributed by atoms with Crippen LogP contribution in [0.3, 0.4) is 0 Å². The molecule has 0 spiro atoms. The summed E-state index contributed by atoms with van der Waals surface area (Å²) in [6.45, 7) is 2.92. The minimum Gasteiger partial charge on any atom is -0.325 e. The van der Waals surface area contributed by atoms with Crippen molar-refractivity contribution in [2.24, 2.45) is 0 Å². The minimum absolute atomic E-state index is 0.00247. The van der Waals surface area contributed by atoms with Crippen molar-refractivity contribution >= 4 is 23.4 Å². The molecule has 4 nitrogen and oxygen atoms in total. The third-order valence-corrected chi connectivity index (χ3v) is 6.80. The molecule has 3 aromatic rings. The second kappa shape index (κ2) is 9.98. The fraction of sp³-hybridized carbons (Fsp3) is 0.360. The van der Waals surface area contributed by atoms with Gasteiger partial charge in [0.1, 0.15) is 0 Å². The molecule has 1 N–H and O–H groups in total. The number of carbonyl (C=O) groups is 1. The fourth-order valence-electron chi connectivity index (χ4n) is 4.22. The Morgan fingerprint density at radius 2 is 1.80 bits per heavy atom. The highest BCUT2D eigenvalue weighted by Crippen LogP contribution is 2.33. The molecule has 1 saturated carbocycles. The van der Waals surface area contributed by atoms with Crippen molar-refractivity contribution in [3.63, 3.8) is 0 Å². The van der Waals surface area contributed by atoms with E-state index < -0.39 is 0 Å². The number of nitrogens with zero attached hydrogens (tertiary/aromatic N) is 2. The summed E-state index contributed by atoms with van der Waals surface area (Å²) in [7, 11) is 0. The minimum atomic E-state index is -0.00247. The van der Waals surface area contributed by atoms with Gasteiger partial charge < -0.3 is 9.88 Å². The molecule has 0 unspecified atom stereocenters. The lowest BCUT2D eigenvalue weighted by Crippen LogP contribution is -2.14. The molecule has 4 rings (SSSR count). The first-order chi connectivity index (χ1) is 14.7. The van der Waals surface area contributed by atoms with Crippen molar-refractivity contribution in [3.05, 3.63) is 66.4 Å². The molecule has 0 radical (unpaired) electrons. The Balaban J connectivity index is 1.34. The van der Waals surface area contributed by atoms with Gasteiger partial charge in [-0.1, -0.05) is 73.5 Å². The number of aromatic nitrogens is 2. The fourth-order valence-corrected chi connectivity index (χ4v) is 5.06. The first-order valence-electron chi connectivity index (χ1n) is 10.9. The molecule has 1 fully saturated rings. The van der Waals surface area contributed by atoms with Crippen LogP contribution in [0.4, 0.5) is 5.69 Å². The lowest BCUT2D eigenvalue weighted by Gasteiger charge is -2.22. The SMILES string of the molecule is CCn1c(-c2ccccc2)cnc1SCC(=O)Nc1ccc(C2CCCCC2)cc1. The summed E-state index contributed by atoms with van der Waals surface area (Å²) in [5.74, 6) is 1.03. The molecule has 1 aliphatic carbocycles. The molecule has 1 heterocycles. The van der Waals surface area contributed by atoms with Crippen molar-refractivity contribution in [1.82, 2.24) is 9.55 Å². The van der Waals surface area contributed by atoms with E-state index in [9.17, 15) is 4.79 Å². The van der Waals surface area contributed by atoms with Crippen LogP contribution in [0.25, 0.3) is 11.3 Å². The number of hydrogen-bond acceptors (Lipinski definition) is 3. The second-order valence-corrected chi connectivity index (χ2v) is 8.77. The van der Waals surface area contributed by atoms with Crippen LogP contribution in [-0.4, -0.2) is 21.2 Å². The summed E-state index contributed by atoms with van der Waals surface area (Å²) in [5.41, 5.74) is 4.49. The molecule has 1 amide bonds. The van der Waals surface area contributed by atoms with Gasteiger partial charge in [0.15, 0.2) is 5.16 Å². The maximum Gasteiger partial charge on any atom is 0.234 e. The smallest absolute Gasteiger partial charge is 0.234 e. The molecule has 2 aromatic carbocycles. The summed E-state index contributed by atoms with van der Waals surface area (Å²) in [6.07, 6.45) is 8.50. The van der Waals surface area contributed by atoms with Crippen LogP contribution in [0.15, 0.2) is 66.0 Å². The van der Waals surface area contributed by atoms with Gasteiger partial charge in [0.2, 0.25) is 5.91 Å². The van der Waals surface area contributed by atoms with Gasteiger partial charge in [-0.15, -0.1) is 0 Å². The van der Waals surface area contributed by atoms with Crippen molar-refractivity contribution in [2.45, 2.75) is 56.6 Å². The highest BCUT2D eigenvalue weighted by molar-refractivity contribution is 7.99. The molecule has 1 aromatic heterocycles. The molecule has 0 atom stereocenters. The first kappa shape index (κ1) is 20.7. The molecule has 5 heteroatoms. The molecular weight excluding hydrogens is 390 g/mol. The summed E-state index contributed by atoms with van der Waals surface area (Å²) >= 11 is 1.48. The number of imidazole rings is 1. The molecule has 1 aliphatic rings. The van der Waals surface area contributed by atoms with E-state index >= 15 is 0 Å². The molecule has 30 heavy (non-hydrogen) atoms. The van der Waals surface area contributed by atoms with E-state index in [1.54, 1.807) is 0 Å². The lowest BCUT2D eigenvalue weighted by molar-refractivity contribution is -0.113. The zero-order chi connectivity index (χ0) is 20.8. The first-order valence-corrected chi connectivity index (χ1v) is 11.9. The molecular formula is C25H29N3OS. The Bertz CT molecular complexity index is 960. The second-order valence-electron chi connectivity index (χ2n) is 7.83. The summed E-state index contributed by atoms with van der Waals surface area (Å²) < 4.78 is 2.16. The Morgan fingerprint density at radius 3 is 2.50 bits per heavy atom. The van der Waals surface area contributed by atoms with Crippen LogP contribution in [0, 0.1) is 0 Å². The Labute approximate surface area is 183 Å². The zero-order valence-corrected chi connectivity index (χ0v) is 18.3. The van der Waals surface area contributed by atoms with Crippen LogP contribution in [0.5, 0.6) is 0 Å². The number of anilines is 1. The Kier molecular flexibility index (Phi) is 6.90. The maximum atomic E-state index is 12.5. The molecule has 0 saturated heterocycles. The summed E-state index contributed by atoms with van der Waals surface area (Å²) in [5, 5.41) is 3.90. The summed E-state index contributed by atoms with van der Waals surface area (Å²) in [4.78, 5) is 17.0. The van der Waals surface area contributed by atoms with Gasteiger partial charge >= 0.3 is 0 Å². The Morgan fingerprint density at radius 1 is 1.07 bits per heavy atom. The average molecular weight is 420 g/mol. The van der Waals surface area contributed by atoms with Gasteiger partial charge in [0.05, 0.1) is 17.6 Å². The highest BCUT2D eigenvalue weighted by Gasteiger charge is 2.16. The van der Waals surface area contributed by atoms with Gasteiger partial charge in [-0.3, -0.25) is 4.79 Å². The van der Waals surface area contributed by atoms with Crippen LogP contribution < -0.4 is 5.32 Å². The standard InChI is InChI=1S/C25H29N3OS/c1-2-28-23(21-11-7-4-8-12-21)17-26-25(28)30-18-24(29)27-22-15-13-20(14-16-22)19-9-5-3-6-10-19/h4,7-8,11-17,19H,2-3,5-6,9-10,18H2,1H3,(H,27,29). The highest BCUT2D eigenvalue weighted by atomic mass is 32.2. The van der Waals surface area contributed by atoms with E-state index in [2.05, 4.69) is 46.1 Å². The lowest BCUT2D eigenvalue weighted by atomic mass is 9.84. The van der Waals surface area contributed by atoms with Crippen molar-refractivity contribution < 1.29 is 4.79 Å². The maximum absolute atomic E-state index is 12.5. The summed E-state index contributed by atoms with van der Waals surface area (Å²) in [6, 6.07) is 18.7. The normalized spacial score (nSPS) is 14.6. The van der Waals surface area contributed by atoms with E-state index in [1.807, 2.05) is 36.5 Å². The third-order valence-electron chi connectivity index (χ3n) is 5.81. The number of nitrogens with one attached hydrogen (secondary N) is 1. The van der Waals surface area contributed by atoms with Crippen LogP contribution in [0.2, 0.25) is 0 Å². The van der Waals surface area contributed by atoms with Gasteiger partial charge in [0, 0.05) is 12.2 Å². The zero-order valence-electron chi connectivity index (χ0n) is 17.5. The van der Waals surface area contributed by atoms with E-state index in [-0.39, 0.29) is 5.91 Å². The van der Waals surface area contributed by atoms with Crippen LogP contribution in [0.1, 0.15) is 50.5 Å². The van der Waals surface area contributed by atoms with Crippen LogP contribution in [-0.2, 0) is 11.3 Å².